The first-order chi connectivity index (χ1) is 9.52. The van der Waals surface area contributed by atoms with Gasteiger partial charge >= 0.3 is 0 Å². The SMILES string of the molecule is CCC(C)c1ccc(C(Br)c2ccc(F)c(F)c2)cc1. The molecule has 106 valence electrons. The van der Waals surface area contributed by atoms with Crippen LogP contribution < -0.4 is 0 Å². The Morgan fingerprint density at radius 2 is 1.45 bits per heavy atom. The summed E-state index contributed by atoms with van der Waals surface area (Å²) >= 11 is 3.54. The molecule has 2 atom stereocenters. The first kappa shape index (κ1) is 15.2. The number of hydrogen-bond donors (Lipinski definition) is 0. The van der Waals surface area contributed by atoms with Gasteiger partial charge in [-0.05, 0) is 41.2 Å². The van der Waals surface area contributed by atoms with E-state index in [-0.39, 0.29) is 4.83 Å². The molecular formula is C17H17BrF2. The van der Waals surface area contributed by atoms with E-state index in [2.05, 4.69) is 41.9 Å². The van der Waals surface area contributed by atoms with Crippen molar-refractivity contribution in [3.05, 3.63) is 70.8 Å². The van der Waals surface area contributed by atoms with Gasteiger partial charge in [0.2, 0.25) is 0 Å². The Hall–Kier alpha value is -1.22. The van der Waals surface area contributed by atoms with Gasteiger partial charge in [-0.25, -0.2) is 8.78 Å². The summed E-state index contributed by atoms with van der Waals surface area (Å²) in [4.78, 5) is -0.136. The second-order valence-corrected chi connectivity index (χ2v) is 5.93. The largest absolute Gasteiger partial charge is 0.204 e. The lowest BCUT2D eigenvalue weighted by Gasteiger charge is -2.14. The van der Waals surface area contributed by atoms with Crippen molar-refractivity contribution in [2.24, 2.45) is 0 Å². The molecule has 0 amide bonds. The summed E-state index contributed by atoms with van der Waals surface area (Å²) in [5.74, 6) is -1.11. The molecule has 0 spiro atoms. The zero-order chi connectivity index (χ0) is 14.7. The third-order valence-electron chi connectivity index (χ3n) is 3.65. The van der Waals surface area contributed by atoms with E-state index in [0.29, 0.717) is 11.5 Å². The molecule has 2 unspecified atom stereocenters. The molecule has 0 radical (unpaired) electrons. The summed E-state index contributed by atoms with van der Waals surface area (Å²) in [6.07, 6.45) is 1.10. The average molecular weight is 339 g/mol. The van der Waals surface area contributed by atoms with Gasteiger partial charge in [0.05, 0.1) is 4.83 Å². The van der Waals surface area contributed by atoms with Crippen molar-refractivity contribution in [1.29, 1.82) is 0 Å². The van der Waals surface area contributed by atoms with Gasteiger partial charge in [-0.1, -0.05) is 60.1 Å². The van der Waals surface area contributed by atoms with E-state index in [0.717, 1.165) is 18.1 Å². The fourth-order valence-corrected chi connectivity index (χ4v) is 2.68. The number of alkyl halides is 1. The highest BCUT2D eigenvalue weighted by molar-refractivity contribution is 9.09. The second kappa shape index (κ2) is 6.49. The van der Waals surface area contributed by atoms with Gasteiger partial charge in [0, 0.05) is 0 Å². The fraction of sp³-hybridized carbons (Fsp3) is 0.294. The number of rotatable bonds is 4. The van der Waals surface area contributed by atoms with E-state index in [9.17, 15) is 8.78 Å². The zero-order valence-corrected chi connectivity index (χ0v) is 13.1. The van der Waals surface area contributed by atoms with Crippen LogP contribution in [0.25, 0.3) is 0 Å². The maximum Gasteiger partial charge on any atom is 0.159 e. The average Bonchev–Trinajstić information content (AvgIpc) is 2.48. The Morgan fingerprint density at radius 3 is 2.00 bits per heavy atom. The Bertz CT molecular complexity index is 578. The number of benzene rings is 2. The predicted octanol–water partition coefficient (Wildman–Crippen LogP) is 5.96. The van der Waals surface area contributed by atoms with Crippen molar-refractivity contribution >= 4 is 15.9 Å². The molecule has 0 fully saturated rings. The molecule has 2 aromatic rings. The molecule has 2 aromatic carbocycles. The van der Waals surface area contributed by atoms with Gasteiger partial charge in [0.25, 0.3) is 0 Å². The summed E-state index contributed by atoms with van der Waals surface area (Å²) in [6.45, 7) is 4.35. The Labute approximate surface area is 127 Å². The van der Waals surface area contributed by atoms with Gasteiger partial charge in [-0.2, -0.15) is 0 Å². The van der Waals surface area contributed by atoms with Crippen LogP contribution in [0.1, 0.15) is 47.7 Å². The standard InChI is InChI=1S/C17H17BrF2/c1-3-11(2)12-4-6-13(7-5-12)17(18)14-8-9-15(19)16(20)10-14/h4-11,17H,3H2,1-2H3. The molecule has 0 aliphatic carbocycles. The normalized spacial score (nSPS) is 14.1. The maximum absolute atomic E-state index is 13.3. The highest BCUT2D eigenvalue weighted by atomic mass is 79.9. The molecule has 3 heteroatoms. The van der Waals surface area contributed by atoms with Gasteiger partial charge in [0.1, 0.15) is 0 Å². The first-order valence-electron chi connectivity index (χ1n) is 6.71. The summed E-state index contributed by atoms with van der Waals surface area (Å²) < 4.78 is 26.2. The summed E-state index contributed by atoms with van der Waals surface area (Å²) in [5, 5.41) is 0. The molecule has 0 aliphatic heterocycles. The number of halogens is 3. The van der Waals surface area contributed by atoms with Crippen LogP contribution in [0, 0.1) is 11.6 Å². The third-order valence-corrected chi connectivity index (χ3v) is 4.70. The zero-order valence-electron chi connectivity index (χ0n) is 11.5. The Balaban J connectivity index is 2.24. The molecule has 2 rings (SSSR count). The lowest BCUT2D eigenvalue weighted by Crippen LogP contribution is -1.97. The molecule has 0 saturated carbocycles. The lowest BCUT2D eigenvalue weighted by molar-refractivity contribution is 0.507. The van der Waals surface area contributed by atoms with E-state index in [4.69, 9.17) is 0 Å². The van der Waals surface area contributed by atoms with Crippen molar-refractivity contribution < 1.29 is 8.78 Å². The molecule has 0 aliphatic rings. The van der Waals surface area contributed by atoms with E-state index >= 15 is 0 Å². The highest BCUT2D eigenvalue weighted by Gasteiger charge is 2.13. The van der Waals surface area contributed by atoms with E-state index in [1.165, 1.54) is 11.6 Å². The van der Waals surface area contributed by atoms with Crippen molar-refractivity contribution in [1.82, 2.24) is 0 Å². The minimum atomic E-state index is -0.819. The van der Waals surface area contributed by atoms with Gasteiger partial charge in [-0.3, -0.25) is 0 Å². The predicted molar refractivity (Wildman–Crippen MR) is 82.3 cm³/mol. The quantitative estimate of drug-likeness (QED) is 0.603. The van der Waals surface area contributed by atoms with Crippen molar-refractivity contribution in [2.75, 3.05) is 0 Å². The molecule has 0 N–H and O–H groups in total. The van der Waals surface area contributed by atoms with Crippen LogP contribution in [0.4, 0.5) is 8.78 Å². The third kappa shape index (κ3) is 3.26. The number of hydrogen-bond acceptors (Lipinski definition) is 0. The van der Waals surface area contributed by atoms with Crippen LogP contribution in [-0.4, -0.2) is 0 Å². The maximum atomic E-state index is 13.3. The molecule has 0 bridgehead atoms. The second-order valence-electron chi connectivity index (χ2n) is 5.01. The molecule has 20 heavy (non-hydrogen) atoms. The topological polar surface area (TPSA) is 0 Å². The minimum absolute atomic E-state index is 0.136. The Morgan fingerprint density at radius 1 is 0.900 bits per heavy atom. The fourth-order valence-electron chi connectivity index (χ4n) is 2.09. The highest BCUT2D eigenvalue weighted by Crippen LogP contribution is 2.32. The summed E-state index contributed by atoms with van der Waals surface area (Å²) in [6, 6.07) is 12.2. The van der Waals surface area contributed by atoms with Gasteiger partial charge in [0.15, 0.2) is 11.6 Å². The monoisotopic (exact) mass is 338 g/mol. The first-order valence-corrected chi connectivity index (χ1v) is 7.63. The lowest BCUT2D eigenvalue weighted by atomic mass is 9.96. The summed E-state index contributed by atoms with van der Waals surface area (Å²) in [7, 11) is 0. The molecule has 0 heterocycles. The molecule has 0 aromatic heterocycles. The van der Waals surface area contributed by atoms with E-state index in [1.54, 1.807) is 6.07 Å². The smallest absolute Gasteiger partial charge is 0.159 e. The van der Waals surface area contributed by atoms with Crippen LogP contribution in [0.15, 0.2) is 42.5 Å². The molecule has 0 saturated heterocycles. The van der Waals surface area contributed by atoms with Crippen LogP contribution in [0.5, 0.6) is 0 Å². The van der Waals surface area contributed by atoms with E-state index in [1.807, 2.05) is 12.1 Å². The Kier molecular flexibility index (Phi) is 4.92. The van der Waals surface area contributed by atoms with Crippen molar-refractivity contribution in [3.63, 3.8) is 0 Å². The summed E-state index contributed by atoms with van der Waals surface area (Å²) in [5.41, 5.74) is 3.03. The van der Waals surface area contributed by atoms with Crippen molar-refractivity contribution in [3.8, 4) is 0 Å². The van der Waals surface area contributed by atoms with Crippen LogP contribution in [-0.2, 0) is 0 Å². The minimum Gasteiger partial charge on any atom is -0.204 e. The van der Waals surface area contributed by atoms with Gasteiger partial charge < -0.3 is 0 Å². The molecular weight excluding hydrogens is 322 g/mol. The van der Waals surface area contributed by atoms with Crippen LogP contribution in [0.2, 0.25) is 0 Å². The molecule has 0 nitrogen and oxygen atoms in total. The van der Waals surface area contributed by atoms with Crippen LogP contribution in [0.3, 0.4) is 0 Å². The van der Waals surface area contributed by atoms with E-state index < -0.39 is 11.6 Å². The van der Waals surface area contributed by atoms with Crippen molar-refractivity contribution in [2.45, 2.75) is 31.0 Å². The van der Waals surface area contributed by atoms with Gasteiger partial charge in [-0.15, -0.1) is 0 Å². The van der Waals surface area contributed by atoms with Crippen LogP contribution >= 0.6 is 15.9 Å².